The highest BCUT2D eigenvalue weighted by Crippen LogP contribution is 2.17. The van der Waals surface area contributed by atoms with Crippen LogP contribution in [0.25, 0.3) is 11.1 Å². The zero-order chi connectivity index (χ0) is 16.2. The van der Waals surface area contributed by atoms with Gasteiger partial charge in [-0.05, 0) is 44.4 Å². The van der Waals surface area contributed by atoms with Gasteiger partial charge in [-0.3, -0.25) is 9.78 Å². The Morgan fingerprint density at radius 3 is 3.13 bits per heavy atom. The number of aromatic nitrogens is 1. The number of benzene rings is 1. The number of nitrogens with one attached hydrogen (secondary N) is 2. The molecule has 3 rings (SSSR count). The monoisotopic (exact) mass is 320 g/mol. The minimum Gasteiger partial charge on any atom is -0.408 e. The zero-order valence-corrected chi connectivity index (χ0v) is 13.0. The maximum Gasteiger partial charge on any atom is 0.417 e. The van der Waals surface area contributed by atoms with Crippen LogP contribution in [-0.2, 0) is 14.3 Å². The smallest absolute Gasteiger partial charge is 0.408 e. The molecule has 0 radical (unpaired) electrons. The summed E-state index contributed by atoms with van der Waals surface area (Å²) in [6.45, 7) is 2.89. The minimum atomic E-state index is -0.584. The summed E-state index contributed by atoms with van der Waals surface area (Å²) in [5.41, 5.74) is 1.56. The van der Waals surface area contributed by atoms with Crippen molar-refractivity contribution in [1.29, 1.82) is 0 Å². The minimum absolute atomic E-state index is 0.0753. The van der Waals surface area contributed by atoms with Gasteiger partial charge in [0.15, 0.2) is 5.58 Å². The fourth-order valence-electron chi connectivity index (χ4n) is 2.54. The van der Waals surface area contributed by atoms with E-state index in [0.29, 0.717) is 23.4 Å². The number of H-pyrrole nitrogens is 1. The van der Waals surface area contributed by atoms with Gasteiger partial charge >= 0.3 is 5.76 Å². The first kappa shape index (κ1) is 15.8. The summed E-state index contributed by atoms with van der Waals surface area (Å²) in [7, 11) is 0. The largest absolute Gasteiger partial charge is 0.417 e. The topological polar surface area (TPSA) is 93.6 Å². The van der Waals surface area contributed by atoms with Crippen LogP contribution in [0.4, 0.5) is 5.69 Å². The highest BCUT2D eigenvalue weighted by atomic mass is 16.5. The third-order valence-electron chi connectivity index (χ3n) is 3.86. The lowest BCUT2D eigenvalue weighted by Crippen LogP contribution is -2.32. The van der Waals surface area contributed by atoms with Crippen LogP contribution in [0.2, 0.25) is 0 Å². The van der Waals surface area contributed by atoms with E-state index in [1.165, 1.54) is 0 Å². The van der Waals surface area contributed by atoms with Crippen molar-refractivity contribution in [2.75, 3.05) is 18.5 Å². The maximum absolute atomic E-state index is 12.2. The van der Waals surface area contributed by atoms with Gasteiger partial charge in [0.05, 0.1) is 18.2 Å². The van der Waals surface area contributed by atoms with Gasteiger partial charge in [-0.25, -0.2) is 4.79 Å². The molecule has 0 saturated carbocycles. The van der Waals surface area contributed by atoms with E-state index < -0.39 is 11.9 Å². The molecule has 2 unspecified atom stereocenters. The first-order valence-electron chi connectivity index (χ1n) is 7.79. The summed E-state index contributed by atoms with van der Waals surface area (Å²) in [5, 5.41) is 2.76. The molecule has 2 N–H and O–H groups in total. The summed E-state index contributed by atoms with van der Waals surface area (Å²) in [4.78, 5) is 25.8. The van der Waals surface area contributed by atoms with Crippen molar-refractivity contribution in [2.24, 2.45) is 0 Å². The molecule has 1 aromatic carbocycles. The van der Waals surface area contributed by atoms with Gasteiger partial charge in [-0.2, -0.15) is 0 Å². The molecule has 0 bridgehead atoms. The SMILES string of the molecule is CC(OCC1CCCCO1)C(=O)Nc1ccc2oc(=O)[nH]c2c1. The molecule has 124 valence electrons. The molecule has 1 aliphatic heterocycles. The Morgan fingerprint density at radius 1 is 1.48 bits per heavy atom. The molecule has 23 heavy (non-hydrogen) atoms. The number of aromatic amines is 1. The molecule has 0 spiro atoms. The van der Waals surface area contributed by atoms with Crippen LogP contribution >= 0.6 is 0 Å². The van der Waals surface area contributed by atoms with Gasteiger partial charge in [-0.15, -0.1) is 0 Å². The second-order valence-electron chi connectivity index (χ2n) is 5.68. The van der Waals surface area contributed by atoms with Crippen LogP contribution in [0.15, 0.2) is 27.4 Å². The highest BCUT2D eigenvalue weighted by Gasteiger charge is 2.19. The third kappa shape index (κ3) is 4.00. The van der Waals surface area contributed by atoms with Gasteiger partial charge in [-0.1, -0.05) is 0 Å². The van der Waals surface area contributed by atoms with Crippen LogP contribution in [0.1, 0.15) is 26.2 Å². The predicted octanol–water partition coefficient (Wildman–Crippen LogP) is 2.03. The number of fused-ring (bicyclic) bond motifs is 1. The number of anilines is 1. The number of hydrogen-bond donors (Lipinski definition) is 2. The van der Waals surface area contributed by atoms with E-state index in [4.69, 9.17) is 13.9 Å². The Kier molecular flexibility index (Phi) is 4.78. The molecule has 1 fully saturated rings. The highest BCUT2D eigenvalue weighted by molar-refractivity contribution is 5.95. The van der Waals surface area contributed by atoms with E-state index in [-0.39, 0.29) is 12.0 Å². The van der Waals surface area contributed by atoms with E-state index >= 15 is 0 Å². The molecule has 2 heterocycles. The average molecular weight is 320 g/mol. The Hall–Kier alpha value is -2.12. The molecule has 1 aliphatic rings. The van der Waals surface area contributed by atoms with E-state index in [0.717, 1.165) is 25.9 Å². The summed E-state index contributed by atoms with van der Waals surface area (Å²) in [5.74, 6) is -0.765. The number of oxazole rings is 1. The first-order chi connectivity index (χ1) is 11.1. The van der Waals surface area contributed by atoms with Crippen LogP contribution < -0.4 is 11.1 Å². The van der Waals surface area contributed by atoms with Gasteiger partial charge < -0.3 is 19.2 Å². The Labute approximate surface area is 133 Å². The summed E-state index contributed by atoms with van der Waals surface area (Å²) in [6.07, 6.45) is 2.69. The van der Waals surface area contributed by atoms with Crippen molar-refractivity contribution in [2.45, 2.75) is 38.4 Å². The number of amides is 1. The Balaban J connectivity index is 1.54. The fourth-order valence-corrected chi connectivity index (χ4v) is 2.54. The van der Waals surface area contributed by atoms with Crippen molar-refractivity contribution in [3.8, 4) is 0 Å². The molecule has 7 heteroatoms. The van der Waals surface area contributed by atoms with Crippen molar-refractivity contribution < 1.29 is 18.7 Å². The number of rotatable bonds is 5. The van der Waals surface area contributed by atoms with E-state index in [9.17, 15) is 9.59 Å². The van der Waals surface area contributed by atoms with E-state index in [1.54, 1.807) is 25.1 Å². The Morgan fingerprint density at radius 2 is 2.35 bits per heavy atom. The molecular formula is C16H20N2O5. The maximum atomic E-state index is 12.2. The first-order valence-corrected chi connectivity index (χ1v) is 7.79. The fraction of sp³-hybridized carbons (Fsp3) is 0.500. The quantitative estimate of drug-likeness (QED) is 0.879. The van der Waals surface area contributed by atoms with Gasteiger partial charge in [0.2, 0.25) is 0 Å². The van der Waals surface area contributed by atoms with E-state index in [2.05, 4.69) is 10.3 Å². The van der Waals surface area contributed by atoms with Gasteiger partial charge in [0.1, 0.15) is 6.10 Å². The normalized spacial score (nSPS) is 19.6. The number of ether oxygens (including phenoxy) is 2. The van der Waals surface area contributed by atoms with Crippen molar-refractivity contribution in [1.82, 2.24) is 4.98 Å². The van der Waals surface area contributed by atoms with Crippen LogP contribution in [0.5, 0.6) is 0 Å². The molecule has 2 aromatic rings. The molecule has 7 nitrogen and oxygen atoms in total. The van der Waals surface area contributed by atoms with Crippen molar-refractivity contribution in [3.63, 3.8) is 0 Å². The number of carbonyl (C=O) groups is 1. The van der Waals surface area contributed by atoms with E-state index in [1.807, 2.05) is 0 Å². The zero-order valence-electron chi connectivity index (χ0n) is 13.0. The van der Waals surface area contributed by atoms with Crippen LogP contribution in [0.3, 0.4) is 0 Å². The molecule has 0 aliphatic carbocycles. The van der Waals surface area contributed by atoms with Crippen molar-refractivity contribution >= 4 is 22.7 Å². The third-order valence-corrected chi connectivity index (χ3v) is 3.86. The standard InChI is InChI=1S/C16H20N2O5/c1-10(22-9-12-4-2-3-7-21-12)15(19)17-11-5-6-14-13(8-11)18-16(20)23-14/h5-6,8,10,12H,2-4,7,9H2,1H3,(H,17,19)(H,18,20). The predicted molar refractivity (Wildman–Crippen MR) is 84.5 cm³/mol. The number of carbonyl (C=O) groups excluding carboxylic acids is 1. The van der Waals surface area contributed by atoms with Crippen LogP contribution in [-0.4, -0.2) is 36.3 Å². The van der Waals surface area contributed by atoms with Gasteiger partial charge in [0.25, 0.3) is 5.91 Å². The number of hydrogen-bond acceptors (Lipinski definition) is 5. The lowest BCUT2D eigenvalue weighted by Gasteiger charge is -2.23. The summed E-state index contributed by atoms with van der Waals surface area (Å²) < 4.78 is 16.1. The van der Waals surface area contributed by atoms with Crippen molar-refractivity contribution in [3.05, 3.63) is 28.7 Å². The second kappa shape index (κ2) is 6.97. The summed E-state index contributed by atoms with van der Waals surface area (Å²) in [6, 6.07) is 4.95. The average Bonchev–Trinajstić information content (AvgIpc) is 2.92. The molecule has 1 amide bonds. The lowest BCUT2D eigenvalue weighted by molar-refractivity contribution is -0.130. The molecule has 2 atom stereocenters. The van der Waals surface area contributed by atoms with Gasteiger partial charge in [0, 0.05) is 12.3 Å². The van der Waals surface area contributed by atoms with Crippen LogP contribution in [0, 0.1) is 0 Å². The molecular weight excluding hydrogens is 300 g/mol. The molecule has 1 aromatic heterocycles. The Bertz CT molecular complexity index is 729. The summed E-state index contributed by atoms with van der Waals surface area (Å²) >= 11 is 0. The lowest BCUT2D eigenvalue weighted by atomic mass is 10.1. The molecule has 1 saturated heterocycles. The second-order valence-corrected chi connectivity index (χ2v) is 5.68.